The minimum atomic E-state index is 0. The SMILES string of the molecule is CC(C)N.[Fe].[NH2-].[Na+]. The van der Waals surface area contributed by atoms with Crippen LogP contribution in [-0.4, -0.2) is 6.04 Å². The van der Waals surface area contributed by atoms with Crippen molar-refractivity contribution in [2.24, 2.45) is 5.73 Å². The van der Waals surface area contributed by atoms with Crippen LogP contribution in [0.2, 0.25) is 0 Å². The van der Waals surface area contributed by atoms with Gasteiger partial charge in [-0.3, -0.25) is 0 Å². The van der Waals surface area contributed by atoms with E-state index < -0.39 is 0 Å². The van der Waals surface area contributed by atoms with Crippen molar-refractivity contribution in [3.63, 3.8) is 0 Å². The van der Waals surface area contributed by atoms with Crippen molar-refractivity contribution in [3.05, 3.63) is 6.15 Å². The second-order valence-corrected chi connectivity index (χ2v) is 1.24. The second-order valence-electron chi connectivity index (χ2n) is 1.24. The van der Waals surface area contributed by atoms with E-state index in [9.17, 15) is 0 Å². The van der Waals surface area contributed by atoms with E-state index in [1.165, 1.54) is 0 Å². The van der Waals surface area contributed by atoms with Crippen LogP contribution in [0.4, 0.5) is 0 Å². The Labute approximate surface area is 78.0 Å². The van der Waals surface area contributed by atoms with Crippen LogP contribution >= 0.6 is 0 Å². The van der Waals surface area contributed by atoms with E-state index >= 15 is 0 Å². The fraction of sp³-hybridized carbons (Fsp3) is 1.00. The predicted octanol–water partition coefficient (Wildman–Crippen LogP) is -1.93. The van der Waals surface area contributed by atoms with Crippen LogP contribution in [0.5, 0.6) is 0 Å². The molecule has 0 spiro atoms. The second kappa shape index (κ2) is 15.7. The molecule has 0 saturated carbocycles. The molecule has 0 aromatic heterocycles. The number of hydrogen-bond acceptors (Lipinski definition) is 1. The van der Waals surface area contributed by atoms with Gasteiger partial charge in [0.2, 0.25) is 0 Å². The van der Waals surface area contributed by atoms with Crippen LogP contribution < -0.4 is 35.3 Å². The van der Waals surface area contributed by atoms with Crippen molar-refractivity contribution in [1.29, 1.82) is 0 Å². The Balaban J connectivity index is -0.0000000150. The van der Waals surface area contributed by atoms with Gasteiger partial charge in [-0.1, -0.05) is 13.8 Å². The molecule has 2 nitrogen and oxygen atoms in total. The molecule has 0 aliphatic heterocycles. The maximum Gasteiger partial charge on any atom is 1.00 e. The average Bonchev–Trinajstić information content (AvgIpc) is 0.811. The van der Waals surface area contributed by atoms with Crippen LogP contribution in [-0.2, 0) is 17.1 Å². The molecule has 7 heavy (non-hydrogen) atoms. The van der Waals surface area contributed by atoms with Gasteiger partial charge < -0.3 is 11.9 Å². The summed E-state index contributed by atoms with van der Waals surface area (Å²) in [6.07, 6.45) is 0. The van der Waals surface area contributed by atoms with E-state index in [-0.39, 0.29) is 52.8 Å². The molecule has 0 radical (unpaired) electrons. The molecular formula is C3H11FeN2Na. The zero-order valence-corrected chi connectivity index (χ0v) is 8.19. The van der Waals surface area contributed by atoms with Gasteiger partial charge in [0, 0.05) is 17.1 Å². The summed E-state index contributed by atoms with van der Waals surface area (Å²) in [5.74, 6) is 0. The summed E-state index contributed by atoms with van der Waals surface area (Å²) in [6, 6.07) is 0.333. The third-order valence-corrected chi connectivity index (χ3v) is 0. The summed E-state index contributed by atoms with van der Waals surface area (Å²) in [7, 11) is 0. The van der Waals surface area contributed by atoms with E-state index in [1.807, 2.05) is 13.8 Å². The van der Waals surface area contributed by atoms with E-state index in [0.717, 1.165) is 0 Å². The molecule has 0 aromatic carbocycles. The van der Waals surface area contributed by atoms with Crippen LogP contribution in [0.15, 0.2) is 0 Å². The predicted molar refractivity (Wildman–Crippen MR) is 24.6 cm³/mol. The Morgan fingerprint density at radius 1 is 1.29 bits per heavy atom. The number of rotatable bonds is 0. The Bertz CT molecular complexity index is 17.7. The number of hydrogen-bond donors (Lipinski definition) is 1. The van der Waals surface area contributed by atoms with Gasteiger partial charge in [-0.2, -0.15) is 0 Å². The minimum absolute atomic E-state index is 0. The van der Waals surface area contributed by atoms with Gasteiger partial charge in [-0.05, 0) is 6.04 Å². The van der Waals surface area contributed by atoms with Crippen molar-refractivity contribution < 1.29 is 46.6 Å². The molecule has 42 valence electrons. The molecule has 0 aliphatic carbocycles. The average molecular weight is 154 g/mol. The normalized spacial score (nSPS) is 5.14. The summed E-state index contributed by atoms with van der Waals surface area (Å²) in [5.41, 5.74) is 5.11. The Kier molecular flexibility index (Phi) is 53.0. The van der Waals surface area contributed by atoms with Gasteiger partial charge in [0.1, 0.15) is 0 Å². The zero-order chi connectivity index (χ0) is 3.58. The maximum atomic E-state index is 5.11. The Hall–Kier alpha value is 1.44. The third kappa shape index (κ3) is 106. The zero-order valence-electron chi connectivity index (χ0n) is 5.09. The molecule has 4 heteroatoms. The first-order valence-corrected chi connectivity index (χ1v) is 1.49. The van der Waals surface area contributed by atoms with E-state index in [0.29, 0.717) is 6.04 Å². The molecule has 0 heterocycles. The maximum absolute atomic E-state index is 5.11. The van der Waals surface area contributed by atoms with Gasteiger partial charge in [0.15, 0.2) is 0 Å². The van der Waals surface area contributed by atoms with Gasteiger partial charge in [0.05, 0.1) is 0 Å². The van der Waals surface area contributed by atoms with E-state index in [1.54, 1.807) is 0 Å². The molecule has 0 atom stereocenters. The quantitative estimate of drug-likeness (QED) is 0.406. The molecule has 0 amide bonds. The molecule has 4 N–H and O–H groups in total. The van der Waals surface area contributed by atoms with Crippen molar-refractivity contribution in [2.75, 3.05) is 0 Å². The molecule has 0 aromatic rings. The first kappa shape index (κ1) is 23.7. The summed E-state index contributed by atoms with van der Waals surface area (Å²) in [4.78, 5) is 0. The molecular weight excluding hydrogens is 143 g/mol. The first-order valence-electron chi connectivity index (χ1n) is 1.49. The van der Waals surface area contributed by atoms with Crippen LogP contribution in [0.1, 0.15) is 13.8 Å². The van der Waals surface area contributed by atoms with Gasteiger partial charge in [-0.15, -0.1) is 0 Å². The van der Waals surface area contributed by atoms with Crippen molar-refractivity contribution in [1.82, 2.24) is 0 Å². The van der Waals surface area contributed by atoms with Gasteiger partial charge in [-0.25, -0.2) is 0 Å². The third-order valence-electron chi connectivity index (χ3n) is 0. The largest absolute Gasteiger partial charge is 1.00 e. The molecule has 0 unspecified atom stereocenters. The minimum Gasteiger partial charge on any atom is -0.693 e. The van der Waals surface area contributed by atoms with Crippen LogP contribution in [0.3, 0.4) is 0 Å². The van der Waals surface area contributed by atoms with Gasteiger partial charge in [0.25, 0.3) is 0 Å². The van der Waals surface area contributed by atoms with Crippen LogP contribution in [0.25, 0.3) is 6.15 Å². The molecule has 0 bridgehead atoms. The Morgan fingerprint density at radius 3 is 1.29 bits per heavy atom. The molecule has 0 saturated heterocycles. The fourth-order valence-electron chi connectivity index (χ4n) is 0. The van der Waals surface area contributed by atoms with Gasteiger partial charge >= 0.3 is 29.6 Å². The standard InChI is InChI=1S/C3H9N.Fe.H2N.Na/c1-3(2)4;;;/h3H,4H2,1-2H3;;1H2;/q;;-1;+1. The summed E-state index contributed by atoms with van der Waals surface area (Å²) in [5, 5.41) is 0. The van der Waals surface area contributed by atoms with Crippen molar-refractivity contribution >= 4 is 0 Å². The molecule has 0 rings (SSSR count). The first-order chi connectivity index (χ1) is 1.73. The summed E-state index contributed by atoms with van der Waals surface area (Å²) in [6.45, 7) is 3.89. The van der Waals surface area contributed by atoms with E-state index in [4.69, 9.17) is 5.73 Å². The fourth-order valence-corrected chi connectivity index (χ4v) is 0. The molecule has 0 fully saturated rings. The Morgan fingerprint density at radius 2 is 1.29 bits per heavy atom. The monoisotopic (exact) mass is 154 g/mol. The van der Waals surface area contributed by atoms with Crippen LogP contribution in [0, 0.1) is 0 Å². The summed E-state index contributed by atoms with van der Waals surface area (Å²) >= 11 is 0. The van der Waals surface area contributed by atoms with Crippen molar-refractivity contribution in [2.45, 2.75) is 19.9 Å². The number of nitrogens with two attached hydrogens (primary N) is 2. The summed E-state index contributed by atoms with van der Waals surface area (Å²) < 4.78 is 0. The smallest absolute Gasteiger partial charge is 0.693 e. The van der Waals surface area contributed by atoms with E-state index in [2.05, 4.69) is 0 Å². The van der Waals surface area contributed by atoms with Crippen molar-refractivity contribution in [3.8, 4) is 0 Å². The molecule has 0 aliphatic rings. The topological polar surface area (TPSA) is 59.5 Å².